The van der Waals surface area contributed by atoms with Crippen molar-refractivity contribution in [2.75, 3.05) is 0 Å². The SMILES string of the molecule is O=C(O)c1cc(Sc2cccc(C(F)(F)F)n2)ccc1Br. The first-order valence-corrected chi connectivity index (χ1v) is 7.13. The van der Waals surface area contributed by atoms with E-state index in [0.717, 1.165) is 17.8 Å². The summed E-state index contributed by atoms with van der Waals surface area (Å²) in [7, 11) is 0. The maximum Gasteiger partial charge on any atom is 0.433 e. The van der Waals surface area contributed by atoms with E-state index in [2.05, 4.69) is 20.9 Å². The standard InChI is InChI=1S/C13H7BrF3NO2S/c14-9-5-4-7(6-8(9)12(19)20)21-11-3-1-2-10(18-11)13(15,16)17/h1-6H,(H,19,20). The second kappa shape index (κ2) is 6.07. The number of benzene rings is 1. The topological polar surface area (TPSA) is 50.2 Å². The molecule has 0 aliphatic heterocycles. The first-order valence-electron chi connectivity index (χ1n) is 5.52. The highest BCUT2D eigenvalue weighted by molar-refractivity contribution is 9.10. The Balaban J connectivity index is 2.31. The van der Waals surface area contributed by atoms with E-state index in [1.54, 1.807) is 6.07 Å². The number of rotatable bonds is 3. The molecule has 1 aromatic heterocycles. The van der Waals surface area contributed by atoms with E-state index in [4.69, 9.17) is 5.11 Å². The molecule has 1 aromatic carbocycles. The molecule has 0 radical (unpaired) electrons. The monoisotopic (exact) mass is 377 g/mol. The molecular formula is C13H7BrF3NO2S. The average molecular weight is 378 g/mol. The number of halogens is 4. The van der Waals surface area contributed by atoms with Gasteiger partial charge in [0, 0.05) is 9.37 Å². The van der Waals surface area contributed by atoms with Crippen molar-refractivity contribution < 1.29 is 23.1 Å². The number of aromatic carboxylic acids is 1. The Kier molecular flexibility index (Phi) is 4.58. The van der Waals surface area contributed by atoms with Gasteiger partial charge >= 0.3 is 12.1 Å². The van der Waals surface area contributed by atoms with Crippen LogP contribution in [0.25, 0.3) is 0 Å². The second-order valence-corrected chi connectivity index (χ2v) is 5.86. The highest BCUT2D eigenvalue weighted by atomic mass is 79.9. The number of carboxylic acids is 1. The number of hydrogen-bond donors (Lipinski definition) is 1. The second-order valence-electron chi connectivity index (χ2n) is 3.91. The summed E-state index contributed by atoms with van der Waals surface area (Å²) in [6, 6.07) is 8.08. The molecule has 0 saturated carbocycles. The van der Waals surface area contributed by atoms with Crippen LogP contribution in [0.1, 0.15) is 16.1 Å². The quantitative estimate of drug-likeness (QED) is 0.841. The lowest BCUT2D eigenvalue weighted by Gasteiger charge is -2.08. The van der Waals surface area contributed by atoms with Gasteiger partial charge in [-0.05, 0) is 46.3 Å². The zero-order valence-electron chi connectivity index (χ0n) is 10.2. The molecule has 0 aliphatic rings. The zero-order chi connectivity index (χ0) is 15.6. The minimum Gasteiger partial charge on any atom is -0.478 e. The molecule has 0 atom stereocenters. The molecule has 0 spiro atoms. The summed E-state index contributed by atoms with van der Waals surface area (Å²) < 4.78 is 38.1. The smallest absolute Gasteiger partial charge is 0.433 e. The number of aromatic nitrogens is 1. The predicted octanol–water partition coefficient (Wildman–Crippen LogP) is 4.71. The Bertz CT molecular complexity index is 691. The van der Waals surface area contributed by atoms with Crippen molar-refractivity contribution in [1.29, 1.82) is 0 Å². The normalized spacial score (nSPS) is 11.4. The summed E-state index contributed by atoms with van der Waals surface area (Å²) in [4.78, 5) is 15.0. The minimum atomic E-state index is -4.51. The summed E-state index contributed by atoms with van der Waals surface area (Å²) in [5, 5.41) is 9.15. The minimum absolute atomic E-state index is 0.0342. The summed E-state index contributed by atoms with van der Waals surface area (Å²) in [5.41, 5.74) is -0.949. The largest absolute Gasteiger partial charge is 0.478 e. The number of pyridine rings is 1. The molecule has 2 rings (SSSR count). The van der Waals surface area contributed by atoms with Gasteiger partial charge in [0.15, 0.2) is 0 Å². The number of carboxylic acid groups (broad SMARTS) is 1. The van der Waals surface area contributed by atoms with Crippen molar-refractivity contribution in [2.24, 2.45) is 0 Å². The van der Waals surface area contributed by atoms with Crippen LogP contribution in [0.4, 0.5) is 13.2 Å². The van der Waals surface area contributed by atoms with Crippen molar-refractivity contribution in [3.63, 3.8) is 0 Å². The first kappa shape index (κ1) is 15.8. The Labute approximate surface area is 130 Å². The van der Waals surface area contributed by atoms with Crippen LogP contribution in [-0.4, -0.2) is 16.1 Å². The van der Waals surface area contributed by atoms with Crippen molar-refractivity contribution in [1.82, 2.24) is 4.98 Å². The van der Waals surface area contributed by atoms with Gasteiger partial charge in [0.1, 0.15) is 10.7 Å². The molecule has 0 bridgehead atoms. The summed E-state index contributed by atoms with van der Waals surface area (Å²) >= 11 is 4.06. The number of hydrogen-bond acceptors (Lipinski definition) is 3. The molecule has 0 aliphatic carbocycles. The van der Waals surface area contributed by atoms with Crippen LogP contribution < -0.4 is 0 Å². The Morgan fingerprint density at radius 1 is 1.24 bits per heavy atom. The van der Waals surface area contributed by atoms with Gasteiger partial charge in [0.05, 0.1) is 5.56 Å². The Hall–Kier alpha value is -1.54. The van der Waals surface area contributed by atoms with E-state index in [-0.39, 0.29) is 10.6 Å². The fourth-order valence-corrected chi connectivity index (χ4v) is 2.74. The van der Waals surface area contributed by atoms with E-state index in [1.165, 1.54) is 24.3 Å². The van der Waals surface area contributed by atoms with Crippen molar-refractivity contribution in [3.05, 3.63) is 52.1 Å². The molecule has 1 N–H and O–H groups in total. The van der Waals surface area contributed by atoms with Gasteiger partial charge in [-0.1, -0.05) is 17.8 Å². The van der Waals surface area contributed by atoms with Crippen LogP contribution in [0.3, 0.4) is 0 Å². The third-order valence-corrected chi connectivity index (χ3v) is 4.02. The van der Waals surface area contributed by atoms with Gasteiger partial charge in [-0.2, -0.15) is 13.2 Å². The maximum absolute atomic E-state index is 12.6. The summed E-state index contributed by atoms with van der Waals surface area (Å²) in [6.45, 7) is 0. The highest BCUT2D eigenvalue weighted by Crippen LogP contribution is 2.33. The third kappa shape index (κ3) is 3.98. The number of alkyl halides is 3. The molecule has 1 heterocycles. The van der Waals surface area contributed by atoms with Gasteiger partial charge in [-0.25, -0.2) is 9.78 Å². The summed E-state index contributed by atoms with van der Waals surface area (Å²) in [6.07, 6.45) is -4.51. The van der Waals surface area contributed by atoms with Crippen LogP contribution in [0.15, 0.2) is 50.8 Å². The van der Waals surface area contributed by atoms with Crippen LogP contribution in [-0.2, 0) is 6.18 Å². The summed E-state index contributed by atoms with van der Waals surface area (Å²) in [5.74, 6) is -1.12. The van der Waals surface area contributed by atoms with Gasteiger partial charge in [0.25, 0.3) is 0 Å². The van der Waals surface area contributed by atoms with E-state index >= 15 is 0 Å². The first-order chi connectivity index (χ1) is 9.77. The predicted molar refractivity (Wildman–Crippen MR) is 74.5 cm³/mol. The number of nitrogens with zero attached hydrogens (tertiary/aromatic N) is 1. The van der Waals surface area contributed by atoms with E-state index in [0.29, 0.717) is 9.37 Å². The third-order valence-electron chi connectivity index (χ3n) is 2.40. The Morgan fingerprint density at radius 3 is 2.57 bits per heavy atom. The highest BCUT2D eigenvalue weighted by Gasteiger charge is 2.32. The van der Waals surface area contributed by atoms with E-state index in [1.807, 2.05) is 0 Å². The average Bonchev–Trinajstić information content (AvgIpc) is 2.40. The molecule has 110 valence electrons. The van der Waals surface area contributed by atoms with Crippen molar-refractivity contribution in [3.8, 4) is 0 Å². The number of carbonyl (C=O) groups is 1. The van der Waals surface area contributed by atoms with Crippen molar-refractivity contribution in [2.45, 2.75) is 16.1 Å². The van der Waals surface area contributed by atoms with Gasteiger partial charge in [-0.15, -0.1) is 0 Å². The lowest BCUT2D eigenvalue weighted by Crippen LogP contribution is -2.07. The lowest BCUT2D eigenvalue weighted by molar-refractivity contribution is -0.141. The van der Waals surface area contributed by atoms with Crippen LogP contribution in [0.5, 0.6) is 0 Å². The van der Waals surface area contributed by atoms with Crippen LogP contribution >= 0.6 is 27.7 Å². The zero-order valence-corrected chi connectivity index (χ0v) is 12.6. The van der Waals surface area contributed by atoms with Gasteiger partial charge in [-0.3, -0.25) is 0 Å². The molecule has 0 unspecified atom stereocenters. The fraction of sp³-hybridized carbons (Fsp3) is 0.0769. The molecular weight excluding hydrogens is 371 g/mol. The van der Waals surface area contributed by atoms with Crippen molar-refractivity contribution >= 4 is 33.7 Å². The Morgan fingerprint density at radius 2 is 1.95 bits per heavy atom. The molecule has 3 nitrogen and oxygen atoms in total. The van der Waals surface area contributed by atoms with E-state index < -0.39 is 17.8 Å². The van der Waals surface area contributed by atoms with Crippen LogP contribution in [0, 0.1) is 0 Å². The van der Waals surface area contributed by atoms with Gasteiger partial charge < -0.3 is 5.11 Å². The molecule has 0 fully saturated rings. The van der Waals surface area contributed by atoms with Crippen LogP contribution in [0.2, 0.25) is 0 Å². The van der Waals surface area contributed by atoms with Gasteiger partial charge in [0.2, 0.25) is 0 Å². The molecule has 0 saturated heterocycles. The molecule has 21 heavy (non-hydrogen) atoms. The molecule has 0 amide bonds. The molecule has 8 heteroatoms. The maximum atomic E-state index is 12.6. The fourth-order valence-electron chi connectivity index (χ4n) is 1.48. The molecule has 2 aromatic rings. The lowest BCUT2D eigenvalue weighted by atomic mass is 10.2. The van der Waals surface area contributed by atoms with E-state index in [9.17, 15) is 18.0 Å².